The fourth-order valence-electron chi connectivity index (χ4n) is 5.42. The zero-order chi connectivity index (χ0) is 43.5. The lowest BCUT2D eigenvalue weighted by Gasteiger charge is -2.31. The van der Waals surface area contributed by atoms with Gasteiger partial charge in [0.15, 0.2) is 12.1 Å². The normalized spacial score (nSPS) is 14.3. The molecule has 0 amide bonds. The summed E-state index contributed by atoms with van der Waals surface area (Å²) in [7, 11) is 5.48. The summed E-state index contributed by atoms with van der Waals surface area (Å²) in [6.07, 6.45) is 57.8. The van der Waals surface area contributed by atoms with Crippen LogP contribution in [0.2, 0.25) is 0 Å². The highest BCUT2D eigenvalue weighted by Crippen LogP contribution is 2.11. The first-order valence-corrected chi connectivity index (χ1v) is 21.8. The molecule has 0 aliphatic carbocycles. The first kappa shape index (κ1) is 54.5. The molecule has 0 aliphatic rings. The van der Waals surface area contributed by atoms with Crippen molar-refractivity contribution in [3.8, 4) is 0 Å². The van der Waals surface area contributed by atoms with Crippen molar-refractivity contribution < 1.29 is 38.2 Å². The number of unbranched alkanes of at least 4 members (excludes halogenated alkanes) is 6. The average Bonchev–Trinajstić information content (AvgIpc) is 3.19. The van der Waals surface area contributed by atoms with Crippen LogP contribution in [0.3, 0.4) is 0 Å². The average molecular weight is 817 g/mol. The molecule has 0 saturated carbocycles. The van der Waals surface area contributed by atoms with Crippen LogP contribution in [-0.2, 0) is 28.6 Å². The van der Waals surface area contributed by atoms with Crippen molar-refractivity contribution in [3.63, 3.8) is 0 Å². The second-order valence-electron chi connectivity index (χ2n) is 15.0. The van der Waals surface area contributed by atoms with Crippen LogP contribution in [0.25, 0.3) is 0 Å². The molecule has 2 unspecified atom stereocenters. The van der Waals surface area contributed by atoms with Crippen molar-refractivity contribution in [2.75, 3.05) is 41.0 Å². The Labute approximate surface area is 358 Å². The summed E-state index contributed by atoms with van der Waals surface area (Å²) in [5.41, 5.74) is 0. The van der Waals surface area contributed by atoms with E-state index in [0.717, 1.165) is 70.6 Å². The van der Waals surface area contributed by atoms with Crippen LogP contribution < -0.4 is 0 Å². The minimum atomic E-state index is -0.895. The minimum absolute atomic E-state index is 0.0220. The highest BCUT2D eigenvalue weighted by molar-refractivity contribution is 5.72. The molecule has 0 radical (unpaired) electrons. The molecule has 0 rings (SSSR count). The van der Waals surface area contributed by atoms with Gasteiger partial charge in [-0.2, -0.15) is 0 Å². The van der Waals surface area contributed by atoms with Gasteiger partial charge in [-0.3, -0.25) is 9.59 Å². The maximum Gasteiger partial charge on any atom is 0.362 e. The molecule has 2 atom stereocenters. The topological polar surface area (TPSA) is 99.1 Å². The molecule has 8 nitrogen and oxygen atoms in total. The van der Waals surface area contributed by atoms with Crippen LogP contribution in [0.5, 0.6) is 0 Å². The molecule has 328 valence electrons. The van der Waals surface area contributed by atoms with Gasteiger partial charge in [0.25, 0.3) is 0 Å². The number of hydrogen-bond acceptors (Lipinski definition) is 6. The van der Waals surface area contributed by atoms with E-state index >= 15 is 0 Å². The van der Waals surface area contributed by atoms with Crippen LogP contribution in [0.4, 0.5) is 0 Å². The molecule has 0 aromatic carbocycles. The molecule has 0 aromatic heterocycles. The van der Waals surface area contributed by atoms with Gasteiger partial charge in [-0.15, -0.1) is 0 Å². The number of nitrogens with zero attached hydrogens (tertiary/aromatic N) is 1. The third-order valence-electron chi connectivity index (χ3n) is 8.74. The van der Waals surface area contributed by atoms with Gasteiger partial charge >= 0.3 is 17.9 Å². The molecule has 0 spiro atoms. The Bertz CT molecular complexity index is 1420. The van der Waals surface area contributed by atoms with Crippen molar-refractivity contribution in [1.82, 2.24) is 0 Å². The van der Waals surface area contributed by atoms with E-state index in [1.807, 2.05) is 94.1 Å². The SMILES string of the molecule is CC/C=C/C=C/C=C/C=C/C=C/C=C/C=C/CCCCCC(=O)OCC(COCCC(C(=O)O)[N+](C)(C)C)OC(=O)CCCCC/C=C/C/C=C/C/C=C/C/C=C/CC. The van der Waals surface area contributed by atoms with Crippen LogP contribution in [0.1, 0.15) is 117 Å². The quantitative estimate of drug-likeness (QED) is 0.0221. The summed E-state index contributed by atoms with van der Waals surface area (Å²) in [6, 6.07) is -0.638. The first-order valence-electron chi connectivity index (χ1n) is 21.8. The number of ether oxygens (including phenoxy) is 3. The number of aliphatic carboxylic acids is 1. The first-order chi connectivity index (χ1) is 28.6. The number of quaternary nitrogens is 1. The lowest BCUT2D eigenvalue weighted by atomic mass is 10.1. The number of rotatable bonds is 36. The van der Waals surface area contributed by atoms with Gasteiger partial charge in [-0.25, -0.2) is 4.79 Å². The Hall–Kier alpha value is -4.53. The van der Waals surface area contributed by atoms with Crippen molar-refractivity contribution in [2.45, 2.75) is 129 Å². The summed E-state index contributed by atoms with van der Waals surface area (Å²) >= 11 is 0. The molecule has 59 heavy (non-hydrogen) atoms. The van der Waals surface area contributed by atoms with Crippen LogP contribution in [0.15, 0.2) is 134 Å². The summed E-state index contributed by atoms with van der Waals surface area (Å²) in [6.45, 7) is 4.35. The molecule has 0 aliphatic heterocycles. The Morgan fingerprint density at radius 2 is 0.983 bits per heavy atom. The monoisotopic (exact) mass is 817 g/mol. The van der Waals surface area contributed by atoms with E-state index in [1.54, 1.807) is 0 Å². The van der Waals surface area contributed by atoms with Gasteiger partial charge in [0, 0.05) is 19.3 Å². The maximum atomic E-state index is 12.7. The summed E-state index contributed by atoms with van der Waals surface area (Å²) in [5.74, 6) is -1.59. The van der Waals surface area contributed by atoms with Crippen molar-refractivity contribution >= 4 is 17.9 Å². The predicted octanol–water partition coefficient (Wildman–Crippen LogP) is 12.0. The summed E-state index contributed by atoms with van der Waals surface area (Å²) in [4.78, 5) is 37.0. The lowest BCUT2D eigenvalue weighted by molar-refractivity contribution is -0.887. The zero-order valence-corrected chi connectivity index (χ0v) is 37.1. The molecule has 8 heteroatoms. The van der Waals surface area contributed by atoms with Crippen molar-refractivity contribution in [3.05, 3.63) is 134 Å². The Morgan fingerprint density at radius 1 is 0.525 bits per heavy atom. The molecule has 0 aromatic rings. The van der Waals surface area contributed by atoms with E-state index in [-0.39, 0.29) is 49.1 Å². The van der Waals surface area contributed by atoms with Gasteiger partial charge < -0.3 is 23.8 Å². The van der Waals surface area contributed by atoms with E-state index in [1.165, 1.54) is 0 Å². The molecule has 0 heterocycles. The Kier molecular flexibility index (Phi) is 37.2. The fourth-order valence-corrected chi connectivity index (χ4v) is 5.42. The van der Waals surface area contributed by atoms with Crippen LogP contribution >= 0.6 is 0 Å². The number of hydrogen-bond donors (Lipinski definition) is 1. The highest BCUT2D eigenvalue weighted by atomic mass is 16.6. The fraction of sp³-hybridized carbons (Fsp3) is 0.510. The highest BCUT2D eigenvalue weighted by Gasteiger charge is 2.31. The number of allylic oxidation sites excluding steroid dienone is 22. The van der Waals surface area contributed by atoms with E-state index in [0.29, 0.717) is 19.3 Å². The second kappa shape index (κ2) is 40.3. The molecule has 0 fully saturated rings. The smallest absolute Gasteiger partial charge is 0.362 e. The number of carboxylic acids is 1. The van der Waals surface area contributed by atoms with E-state index < -0.39 is 18.1 Å². The summed E-state index contributed by atoms with van der Waals surface area (Å²) in [5, 5.41) is 9.62. The molecule has 0 bridgehead atoms. The van der Waals surface area contributed by atoms with E-state index in [4.69, 9.17) is 14.2 Å². The third kappa shape index (κ3) is 38.7. The Morgan fingerprint density at radius 3 is 1.49 bits per heavy atom. The number of carbonyl (C=O) groups is 3. The largest absolute Gasteiger partial charge is 0.477 e. The lowest BCUT2D eigenvalue weighted by Crippen LogP contribution is -2.50. The van der Waals surface area contributed by atoms with Gasteiger partial charge in [0.2, 0.25) is 0 Å². The number of carboxylic acid groups (broad SMARTS) is 1. The minimum Gasteiger partial charge on any atom is -0.477 e. The van der Waals surface area contributed by atoms with Crippen molar-refractivity contribution in [1.29, 1.82) is 0 Å². The van der Waals surface area contributed by atoms with E-state index in [2.05, 4.69) is 74.6 Å². The zero-order valence-electron chi connectivity index (χ0n) is 37.1. The number of carbonyl (C=O) groups excluding carboxylic acids is 2. The molecule has 0 saturated heterocycles. The second-order valence-corrected chi connectivity index (χ2v) is 15.0. The standard InChI is InChI=1S/C51H77NO7/c1-6-8-10-12-14-16-18-20-22-24-25-26-28-29-31-33-35-37-39-41-49(53)58-46-47(45-57-44-43-48(51(55)56)52(3,4)5)59-50(54)42-40-38-36-34-32-30-27-23-21-19-17-15-13-11-9-7-2/h8-12,14-18,20-26,28-32,47-48H,6-7,13,19,27,33-46H2,1-5H3/p+1/b10-8+,11-9+,14-12+,17-15+,18-16+,22-20+,23-21+,25-24+,28-26+,31-29+,32-30+. The molecular formula is C51H78NO7+. The summed E-state index contributed by atoms with van der Waals surface area (Å²) < 4.78 is 17.2. The van der Waals surface area contributed by atoms with Gasteiger partial charge in [0.1, 0.15) is 6.61 Å². The van der Waals surface area contributed by atoms with Gasteiger partial charge in [-0.05, 0) is 70.6 Å². The third-order valence-corrected chi connectivity index (χ3v) is 8.74. The van der Waals surface area contributed by atoms with Gasteiger partial charge in [-0.1, -0.05) is 160 Å². The molecule has 1 N–H and O–H groups in total. The Balaban J connectivity index is 4.55. The van der Waals surface area contributed by atoms with Gasteiger partial charge in [0.05, 0.1) is 34.4 Å². The number of likely N-dealkylation sites (N-methyl/N-ethyl adjacent to an activating group) is 1. The van der Waals surface area contributed by atoms with Crippen LogP contribution in [0, 0.1) is 0 Å². The van der Waals surface area contributed by atoms with E-state index in [9.17, 15) is 19.5 Å². The van der Waals surface area contributed by atoms with Crippen LogP contribution in [-0.4, -0.2) is 80.6 Å². The predicted molar refractivity (Wildman–Crippen MR) is 247 cm³/mol. The maximum absolute atomic E-state index is 12.7. The van der Waals surface area contributed by atoms with Crippen molar-refractivity contribution in [2.24, 2.45) is 0 Å². The number of esters is 2. The molecular weight excluding hydrogens is 739 g/mol.